The second-order valence-corrected chi connectivity index (χ2v) is 14.6. The van der Waals surface area contributed by atoms with Crippen LogP contribution in [-0.4, -0.2) is 85.7 Å². The Balaban J connectivity index is 1.21. The van der Waals surface area contributed by atoms with E-state index in [1.807, 2.05) is 6.92 Å². The Morgan fingerprint density at radius 3 is 2.08 bits per heavy atom. The van der Waals surface area contributed by atoms with E-state index in [1.54, 1.807) is 11.9 Å². The van der Waals surface area contributed by atoms with Gasteiger partial charge in [0.25, 0.3) is 11.4 Å². The van der Waals surface area contributed by atoms with Crippen molar-refractivity contribution in [2.75, 3.05) is 13.6 Å². The van der Waals surface area contributed by atoms with Crippen molar-refractivity contribution in [3.8, 4) is 0 Å². The molecular weight excluding hydrogens is 686 g/mol. The summed E-state index contributed by atoms with van der Waals surface area (Å²) in [6, 6.07) is 10.4. The summed E-state index contributed by atoms with van der Waals surface area (Å²) in [5.41, 5.74) is 0.955. The number of benzene rings is 2. The molecule has 2 saturated heterocycles. The number of nitrogens with zero attached hydrogens (tertiary/aromatic N) is 4. The zero-order valence-corrected chi connectivity index (χ0v) is 28.8. The van der Waals surface area contributed by atoms with Gasteiger partial charge in [0.05, 0.1) is 27.9 Å². The lowest BCUT2D eigenvalue weighted by Crippen LogP contribution is -2.63. The van der Waals surface area contributed by atoms with E-state index in [1.165, 1.54) is 72.1 Å². The lowest BCUT2D eigenvalue weighted by molar-refractivity contribution is -0.385. The number of amides is 3. The van der Waals surface area contributed by atoms with Crippen LogP contribution in [0.3, 0.4) is 0 Å². The van der Waals surface area contributed by atoms with Gasteiger partial charge < -0.3 is 29.7 Å². The third kappa shape index (κ3) is 6.99. The number of likely N-dealkylation sites (tertiary alicyclic amines) is 1. The number of hydrogen-bond acceptors (Lipinski definition) is 12. The van der Waals surface area contributed by atoms with Gasteiger partial charge in [0.2, 0.25) is 11.8 Å². The molecule has 2 N–H and O–H groups in total. The van der Waals surface area contributed by atoms with Crippen LogP contribution in [-0.2, 0) is 37.1 Å². The summed E-state index contributed by atoms with van der Waals surface area (Å²) in [6.07, 6.45) is -0.479. The summed E-state index contributed by atoms with van der Waals surface area (Å²) in [5.74, 6) is -2.69. The Bertz CT molecular complexity index is 1780. The predicted octanol–water partition coefficient (Wildman–Crippen LogP) is 3.51. The highest BCUT2D eigenvalue weighted by atomic mass is 32.2. The van der Waals surface area contributed by atoms with E-state index in [9.17, 15) is 44.5 Å². The molecule has 8 atom stereocenters. The van der Waals surface area contributed by atoms with E-state index in [0.717, 1.165) is 0 Å². The third-order valence-corrected chi connectivity index (χ3v) is 11.6. The number of carbonyl (C=O) groups excluding carboxylic acids is 4. The molecule has 3 fully saturated rings. The first kappa shape index (κ1) is 35.8. The summed E-state index contributed by atoms with van der Waals surface area (Å²) in [7, 11) is 1.56. The van der Waals surface area contributed by atoms with Gasteiger partial charge in [-0.1, -0.05) is 6.92 Å². The fourth-order valence-corrected chi connectivity index (χ4v) is 8.91. The maximum absolute atomic E-state index is 13.7. The molecule has 0 unspecified atom stereocenters. The van der Waals surface area contributed by atoms with Gasteiger partial charge in [-0.25, -0.2) is 9.59 Å². The molecule has 3 heterocycles. The van der Waals surface area contributed by atoms with Crippen LogP contribution in [0.5, 0.6) is 0 Å². The number of nitrogens with one attached hydrogen (secondary N) is 1. The molecule has 4 aliphatic rings. The lowest BCUT2D eigenvalue weighted by Gasteiger charge is -2.46. The number of β-lactam (4-membered cyclic amide) rings is 1. The van der Waals surface area contributed by atoms with Crippen molar-refractivity contribution in [3.05, 3.63) is 90.5 Å². The molecule has 16 nitrogen and oxygen atoms in total. The van der Waals surface area contributed by atoms with Gasteiger partial charge in [0.1, 0.15) is 18.9 Å². The van der Waals surface area contributed by atoms with Crippen LogP contribution >= 0.6 is 11.8 Å². The fourth-order valence-electron chi connectivity index (χ4n) is 7.38. The van der Waals surface area contributed by atoms with E-state index in [4.69, 9.17) is 9.47 Å². The van der Waals surface area contributed by atoms with Crippen LogP contribution in [0.15, 0.2) is 59.1 Å². The molecule has 0 aromatic heterocycles. The summed E-state index contributed by atoms with van der Waals surface area (Å²) in [6.45, 7) is 3.33. The molecule has 51 heavy (non-hydrogen) atoms. The topological polar surface area (TPSA) is 212 Å². The minimum absolute atomic E-state index is 0.0757. The molecule has 0 radical (unpaired) electrons. The maximum Gasteiger partial charge on any atom is 0.410 e. The van der Waals surface area contributed by atoms with Gasteiger partial charge in [-0.3, -0.25) is 29.8 Å². The quantitative estimate of drug-likeness (QED) is 0.139. The van der Waals surface area contributed by atoms with Crippen LogP contribution in [0.4, 0.5) is 16.2 Å². The molecule has 6 rings (SSSR count). The number of hydrogen-bond donors (Lipinski definition) is 2. The second-order valence-electron chi connectivity index (χ2n) is 13.3. The first-order chi connectivity index (χ1) is 24.3. The van der Waals surface area contributed by atoms with Crippen LogP contribution in [0, 0.1) is 43.9 Å². The molecule has 3 aliphatic heterocycles. The number of nitro groups is 2. The smallest absolute Gasteiger partial charge is 0.410 e. The number of aliphatic hydroxyl groups is 1. The molecule has 1 saturated carbocycles. The zero-order valence-electron chi connectivity index (χ0n) is 28.0. The van der Waals surface area contributed by atoms with Crippen molar-refractivity contribution in [1.29, 1.82) is 0 Å². The van der Waals surface area contributed by atoms with Gasteiger partial charge in [-0.05, 0) is 61.1 Å². The molecule has 17 heteroatoms. The Morgan fingerprint density at radius 2 is 1.55 bits per heavy atom. The summed E-state index contributed by atoms with van der Waals surface area (Å²) >= 11 is 1.37. The highest BCUT2D eigenvalue weighted by molar-refractivity contribution is 8.03. The SMILES string of the molecule is CNC(=O)[C@@H]1C[C@H]1[C@@H]1C[C@H](SC2=C(C(=O)OCc3ccc([N+](=O)[O-])cc3)N3C(=O)[C@H]([C@@H](C)O)[C@H]3[C@H]2C)CN1C(=O)OCc1ccc([N+](=O)[O-])cc1. The van der Waals surface area contributed by atoms with Crippen molar-refractivity contribution in [3.63, 3.8) is 0 Å². The standard InChI is InChI=1S/C34H37N5O11S/c1-17-28-27(18(2)40)32(42)37(28)29(33(43)49-15-19-4-8-21(9-5-19)38(45)46)30(17)51-23-12-26(24-13-25(24)31(41)35-3)36(14-23)34(44)50-16-20-6-10-22(11-7-20)39(47)48/h4-11,17-18,23-28,40H,12-16H2,1-3H3,(H,35,41)/t17-,18-,23+,24-,25-,26+,27-,28-/m1/s1. The number of carbonyl (C=O) groups is 4. The highest BCUT2D eigenvalue weighted by Gasteiger charge is 2.61. The van der Waals surface area contributed by atoms with Crippen LogP contribution < -0.4 is 5.32 Å². The maximum atomic E-state index is 13.7. The molecule has 2 aromatic rings. The number of nitro benzene ring substituents is 2. The lowest BCUT2D eigenvalue weighted by atomic mass is 9.79. The number of thioether (sulfide) groups is 1. The minimum atomic E-state index is -0.948. The van der Waals surface area contributed by atoms with Gasteiger partial charge in [0, 0.05) is 65.9 Å². The average molecular weight is 724 g/mol. The van der Waals surface area contributed by atoms with E-state index in [-0.39, 0.29) is 71.8 Å². The third-order valence-electron chi connectivity index (χ3n) is 10.1. The van der Waals surface area contributed by atoms with Gasteiger partial charge in [-0.15, -0.1) is 11.8 Å². The highest BCUT2D eigenvalue weighted by Crippen LogP contribution is 2.54. The second kappa shape index (κ2) is 14.3. The molecule has 0 bridgehead atoms. The summed E-state index contributed by atoms with van der Waals surface area (Å²) in [4.78, 5) is 77.6. The average Bonchev–Trinajstić information content (AvgIpc) is 3.73. The van der Waals surface area contributed by atoms with E-state index in [2.05, 4.69) is 5.32 Å². The molecule has 1 aliphatic carbocycles. The monoisotopic (exact) mass is 723 g/mol. The van der Waals surface area contributed by atoms with Gasteiger partial charge in [-0.2, -0.15) is 0 Å². The molecule has 2 aromatic carbocycles. The molecule has 0 spiro atoms. The van der Waals surface area contributed by atoms with Gasteiger partial charge >= 0.3 is 12.1 Å². The van der Waals surface area contributed by atoms with Crippen molar-refractivity contribution in [1.82, 2.24) is 15.1 Å². The fraction of sp³-hybridized carbons (Fsp3) is 0.471. The zero-order chi connectivity index (χ0) is 36.7. The number of aliphatic hydroxyl groups excluding tert-OH is 1. The summed E-state index contributed by atoms with van der Waals surface area (Å²) in [5, 5.41) is 34.9. The number of fused-ring (bicyclic) bond motifs is 1. The number of ether oxygens (including phenoxy) is 2. The Labute approximate surface area is 296 Å². The van der Waals surface area contributed by atoms with E-state index in [0.29, 0.717) is 28.9 Å². The predicted molar refractivity (Wildman–Crippen MR) is 180 cm³/mol. The van der Waals surface area contributed by atoms with Crippen LogP contribution in [0.25, 0.3) is 0 Å². The van der Waals surface area contributed by atoms with E-state index >= 15 is 0 Å². The Morgan fingerprint density at radius 1 is 0.980 bits per heavy atom. The Kier molecular flexibility index (Phi) is 10.0. The van der Waals surface area contributed by atoms with Crippen LogP contribution in [0.1, 0.15) is 37.8 Å². The first-order valence-corrected chi connectivity index (χ1v) is 17.4. The largest absolute Gasteiger partial charge is 0.456 e. The molecular formula is C34H37N5O11S. The number of rotatable bonds is 12. The van der Waals surface area contributed by atoms with Crippen molar-refractivity contribution in [2.45, 2.75) is 63.3 Å². The molecule has 270 valence electrons. The summed E-state index contributed by atoms with van der Waals surface area (Å²) < 4.78 is 11.3. The Hall–Kier alpha value is -5.03. The normalized spacial score (nSPS) is 27.0. The number of esters is 1. The number of non-ortho nitro benzene ring substituents is 2. The van der Waals surface area contributed by atoms with Crippen molar-refractivity contribution < 1.29 is 43.6 Å². The van der Waals surface area contributed by atoms with Crippen molar-refractivity contribution >= 4 is 47.0 Å². The first-order valence-electron chi connectivity index (χ1n) is 16.5. The molecule has 3 amide bonds. The van der Waals surface area contributed by atoms with E-state index < -0.39 is 45.9 Å². The minimum Gasteiger partial charge on any atom is -0.456 e. The van der Waals surface area contributed by atoms with Gasteiger partial charge in [0.15, 0.2) is 0 Å². The van der Waals surface area contributed by atoms with Crippen LogP contribution in [0.2, 0.25) is 0 Å². The van der Waals surface area contributed by atoms with Crippen molar-refractivity contribution in [2.24, 2.45) is 23.7 Å².